The number of hydrogen-bond acceptors (Lipinski definition) is 18. The van der Waals surface area contributed by atoms with Gasteiger partial charge in [0.2, 0.25) is 0 Å². The van der Waals surface area contributed by atoms with Gasteiger partial charge in [0.25, 0.3) is 0 Å². The average molecular weight is 1550 g/mol. The van der Waals surface area contributed by atoms with Crippen molar-refractivity contribution in [2.45, 2.75) is 140 Å². The predicted octanol–water partition coefficient (Wildman–Crippen LogP) is 8.25. The molecule has 1 aromatic carbocycles. The van der Waals surface area contributed by atoms with Crippen LogP contribution in [0.25, 0.3) is 0 Å². The van der Waals surface area contributed by atoms with E-state index in [1.54, 1.807) is 46.2 Å². The zero-order valence-electron chi connectivity index (χ0n) is 58.6. The minimum absolute atomic E-state index is 0. The van der Waals surface area contributed by atoms with Gasteiger partial charge in [0.15, 0.2) is 12.1 Å². The van der Waals surface area contributed by atoms with Crippen LogP contribution in [0.5, 0.6) is 5.75 Å². The molecular formula is C74H83BBr2N12NaO6Sn. The van der Waals surface area contributed by atoms with Gasteiger partial charge < -0.3 is 39.3 Å². The van der Waals surface area contributed by atoms with E-state index in [1.165, 1.54) is 100 Å². The van der Waals surface area contributed by atoms with Crippen molar-refractivity contribution in [3.63, 3.8) is 0 Å². The summed E-state index contributed by atoms with van der Waals surface area (Å²) in [6.07, 6.45) is 24.2. The van der Waals surface area contributed by atoms with Crippen molar-refractivity contribution >= 4 is 94.0 Å². The quantitative estimate of drug-likeness (QED) is 0.0158. The molecule has 0 aliphatic heterocycles. The first-order chi connectivity index (χ1) is 45.8. The van der Waals surface area contributed by atoms with E-state index in [0.29, 0.717) is 45.5 Å². The van der Waals surface area contributed by atoms with Crippen LogP contribution in [0.1, 0.15) is 159 Å². The molecule has 2 atom stereocenters. The van der Waals surface area contributed by atoms with Gasteiger partial charge in [0.1, 0.15) is 60.4 Å². The molecule has 0 saturated heterocycles. The third-order valence-corrected chi connectivity index (χ3v) is 27.7. The number of aromatic nitrogens is 8. The number of rotatable bonds is 18. The largest absolute Gasteiger partial charge is 1.00 e. The van der Waals surface area contributed by atoms with Crippen molar-refractivity contribution in [3.8, 4) is 148 Å². The van der Waals surface area contributed by atoms with Crippen LogP contribution in [0.4, 0.5) is 23.3 Å². The maximum Gasteiger partial charge on any atom is 1.00 e. The Bertz CT molecular complexity index is 3870. The number of Topliss-reactive ketones (excluding diaryl/α,β-unsaturated/α-hetero) is 1. The summed E-state index contributed by atoms with van der Waals surface area (Å²) in [5.74, 6) is 59.8. The number of carbonyl (C=O) groups excluding carboxylic acids is 2. The summed E-state index contributed by atoms with van der Waals surface area (Å²) in [4.78, 5) is 51.7. The van der Waals surface area contributed by atoms with Gasteiger partial charge in [-0.1, -0.05) is 27.8 Å². The Morgan fingerprint density at radius 2 is 0.969 bits per heavy atom. The first kappa shape index (κ1) is 96.6. The third-order valence-electron chi connectivity index (χ3n) is 11.4. The number of terminal acetylenes is 1. The molecule has 0 bridgehead atoms. The first-order valence-corrected chi connectivity index (χ1v) is 38.3. The number of nitrogens with two attached hydrogens (primary N) is 4. The number of ether oxygens (including phenoxy) is 2. The number of nitrogen functional groups attached to an aromatic ring is 4. The van der Waals surface area contributed by atoms with Gasteiger partial charge in [-0.05, 0) is 177 Å². The molecule has 10 N–H and O–H groups in total. The van der Waals surface area contributed by atoms with Crippen molar-refractivity contribution < 1.29 is 60.3 Å². The Labute approximate surface area is 623 Å². The van der Waals surface area contributed by atoms with Gasteiger partial charge in [0, 0.05) is 79.6 Å². The number of aliphatic hydroxyl groups excluding tert-OH is 2. The number of benzene rings is 1. The number of unbranched alkanes of at least 4 members (excludes halogenated alkanes) is 3. The number of hydrogen-bond donors (Lipinski definition) is 6. The average Bonchev–Trinajstić information content (AvgIpc) is 0.867. The Morgan fingerprint density at radius 1 is 0.619 bits per heavy atom. The van der Waals surface area contributed by atoms with E-state index < -0.39 is 24.5 Å². The topological polar surface area (TPSA) is 300 Å². The molecular weight excluding hydrogens is 1470 g/mol. The normalized spacial score (nSPS) is 8.77. The van der Waals surface area contributed by atoms with Gasteiger partial charge in [-0.25, -0.2) is 39.9 Å². The summed E-state index contributed by atoms with van der Waals surface area (Å²) in [5.41, 5.74) is 25.0. The SMILES string of the molecule is C#CC.C=[C](OCC)[Sn]([CH2]CCC)([CH2]CCC)[CH2]CCC.CC#CC#CC#CC#CC#CC#CC#CC#CC#CC#CC#CC.CC(=O)c1cncnc1N.CC(O)c1cncnc1N.CO.Cc1cc(Br)c(C=O)cc1OC(C)c1cncnc1N.Nc1ncncc1Br.[B].[H-].[Na+]. The number of aldehydes is 1. The van der Waals surface area contributed by atoms with Crippen molar-refractivity contribution in [2.75, 3.05) is 36.7 Å². The minimum atomic E-state index is -2.24. The van der Waals surface area contributed by atoms with Crippen molar-refractivity contribution in [2.24, 2.45) is 0 Å². The summed E-state index contributed by atoms with van der Waals surface area (Å²) in [6.45, 7) is 26.0. The van der Waals surface area contributed by atoms with Crippen LogP contribution in [0.3, 0.4) is 0 Å². The van der Waals surface area contributed by atoms with Gasteiger partial charge >= 0.3 is 149 Å². The Kier molecular flexibility index (Phi) is 65.3. The van der Waals surface area contributed by atoms with Gasteiger partial charge in [-0.3, -0.25) is 9.59 Å². The van der Waals surface area contributed by atoms with Crippen LogP contribution >= 0.6 is 31.9 Å². The number of aryl methyl sites for hydroxylation is 1. The maximum atomic E-state index is 11.0. The monoisotopic (exact) mass is 1550 g/mol. The molecule has 4 heterocycles. The molecule has 3 radical (unpaired) electrons. The summed E-state index contributed by atoms with van der Waals surface area (Å²) in [5, 5.41) is 16.0. The van der Waals surface area contributed by atoms with E-state index in [4.69, 9.17) is 42.6 Å². The van der Waals surface area contributed by atoms with Crippen LogP contribution in [0, 0.1) is 150 Å². The van der Waals surface area contributed by atoms with Crippen molar-refractivity contribution in [3.05, 3.63) is 109 Å². The molecule has 0 aliphatic carbocycles. The Morgan fingerprint density at radius 3 is 1.25 bits per heavy atom. The van der Waals surface area contributed by atoms with E-state index in [-0.39, 0.29) is 57.1 Å². The molecule has 5 aromatic rings. The molecule has 0 amide bonds. The van der Waals surface area contributed by atoms with E-state index in [0.717, 1.165) is 34.5 Å². The zero-order valence-corrected chi connectivity index (χ0v) is 65.6. The molecule has 18 nitrogen and oxygen atoms in total. The minimum Gasteiger partial charge on any atom is -1.00 e. The molecule has 0 saturated carbocycles. The summed E-state index contributed by atoms with van der Waals surface area (Å²) < 4.78 is 18.9. The fourth-order valence-electron chi connectivity index (χ4n) is 6.76. The van der Waals surface area contributed by atoms with E-state index in [9.17, 15) is 9.59 Å². The molecule has 4 aromatic heterocycles. The molecule has 5 rings (SSSR count). The van der Waals surface area contributed by atoms with Crippen LogP contribution in [-0.2, 0) is 4.74 Å². The standard InChI is InChI=1S/C24H6.C14H14BrN3O2.C6H9N3O.C6H7N3O.C4H4BrN3.C4H7O.3C4H9.C3H4.CH4O.B.Na.Sn.H/c1-3-5-7-9-11-13-15-17-19-21-23-24-22-20-18-16-14-12-10-8-6-4-2;1-8-3-12(15)10(6-19)4-13(8)20-9(2)11-5-17-7-18-14(11)16;2*1-4(10)5-2-8-3-9-6(5)7;5-3-1-7-2-8-4(3)6;1-3-5-4-2;3*1-3-4-2;1-3-2;1-2;;;;/h1-2H3;3-7,9H,1-2H3,(H2,16,17,18);2-4,10H,1H3,(H2,7,8,9);2-3H,1H3,(H2,7,8,9);1-2H,(H2,6,7,8);1,4H2,2H3;3*1,3-4H2,2H3;1H,2H3;2H,1H3;;;;/q;;;;;;;;;;;;+1;;-1. The number of halogens is 2. The number of anilines is 4. The summed E-state index contributed by atoms with van der Waals surface area (Å²) in [7, 11) is 1.00. The Hall–Kier alpha value is -9.12. The molecule has 497 valence electrons. The second-order valence-corrected chi connectivity index (χ2v) is 33.2. The number of ketones is 1. The predicted molar refractivity (Wildman–Crippen MR) is 399 cm³/mol. The van der Waals surface area contributed by atoms with E-state index >= 15 is 0 Å². The van der Waals surface area contributed by atoms with Crippen LogP contribution in [0.2, 0.25) is 13.3 Å². The number of aliphatic hydroxyl groups is 2. The summed E-state index contributed by atoms with van der Waals surface area (Å²) >= 11 is 4.24. The fourth-order valence-corrected chi connectivity index (χ4v) is 22.2. The van der Waals surface area contributed by atoms with Crippen LogP contribution in [-0.4, -0.2) is 103 Å². The molecule has 97 heavy (non-hydrogen) atoms. The molecule has 2 unspecified atom stereocenters. The first-order valence-electron chi connectivity index (χ1n) is 29.2. The fraction of sp³-hybridized carbons (Fsp3) is 0.324. The molecule has 0 fully saturated rings. The Balaban J connectivity index is -0.000000262. The smallest absolute Gasteiger partial charge is 1.00 e. The van der Waals surface area contributed by atoms with Crippen molar-refractivity contribution in [1.82, 2.24) is 39.9 Å². The third kappa shape index (κ3) is 48.3. The number of nitrogens with zero attached hydrogens (tertiary/aromatic N) is 8. The van der Waals surface area contributed by atoms with Crippen molar-refractivity contribution in [1.29, 1.82) is 0 Å². The second kappa shape index (κ2) is 65.5. The van der Waals surface area contributed by atoms with Crippen LogP contribution in [0.15, 0.2) is 81.5 Å². The number of carbonyl (C=O) groups is 2. The van der Waals surface area contributed by atoms with Crippen LogP contribution < -0.4 is 57.2 Å². The van der Waals surface area contributed by atoms with Gasteiger partial charge in [-0.2, -0.15) is 0 Å². The zero-order chi connectivity index (χ0) is 71.9. The second-order valence-electron chi connectivity index (χ2n) is 18.3. The van der Waals surface area contributed by atoms with Gasteiger partial charge in [-0.15, -0.1) is 12.3 Å². The molecule has 0 aliphatic rings. The molecule has 0 spiro atoms. The maximum absolute atomic E-state index is 11.0. The van der Waals surface area contributed by atoms with E-state index in [2.05, 4.69) is 249 Å². The molecule has 23 heteroatoms. The van der Waals surface area contributed by atoms with Gasteiger partial charge in [0.05, 0.1) is 21.7 Å². The van der Waals surface area contributed by atoms with E-state index in [1.807, 2.05) is 19.9 Å². The summed E-state index contributed by atoms with van der Waals surface area (Å²) in [6, 6.07) is 3.54.